The number of sulfonamides is 2. The van der Waals surface area contributed by atoms with E-state index in [9.17, 15) is 45.7 Å². The van der Waals surface area contributed by atoms with E-state index in [1.54, 1.807) is 34.1 Å². The quantitative estimate of drug-likeness (QED) is 0.0126. The maximum atomic E-state index is 15.9. The molecule has 5 aliphatic rings. The monoisotopic (exact) mass is 1780 g/mol. The van der Waals surface area contributed by atoms with Crippen LogP contribution >= 0.6 is 23.2 Å². The van der Waals surface area contributed by atoms with Gasteiger partial charge in [0.1, 0.15) is 68.4 Å². The van der Waals surface area contributed by atoms with E-state index in [0.717, 1.165) is 42.8 Å². The Morgan fingerprint density at radius 1 is 0.438 bits per heavy atom. The van der Waals surface area contributed by atoms with Crippen molar-refractivity contribution in [2.24, 2.45) is 0 Å². The SMILES string of the molecule is CCN(CC)c1ccc2c(-c3cccc(S(=O)(=O)N(CCCCCC(=O)O)c4nc(Cl)nc(N5CCOCCOCCN(c6nc(Cl)nc(N(CCCCCC(=O)O)S(=O)(=O)c7cccc(-c8c9ccc(=[N+](CC)CC)cc-9oc9cc(N(CC)CC)ccc89)c7S(=O)(=O)O)n6)CCOCC5)n4)c3S(=O)(=O)O)c3ccc(=[N+](CC)CC)cc-3oc2c1. The minimum Gasteiger partial charge on any atom is -0.481 e. The number of unbranched alkanes of at least 4 members (excludes halogenated alkanes) is 4. The number of carboxylic acids is 2. The summed E-state index contributed by atoms with van der Waals surface area (Å²) in [7, 11) is -21.5. The molecule has 0 saturated carbocycles. The van der Waals surface area contributed by atoms with Crippen LogP contribution in [0.1, 0.15) is 107 Å². The minimum absolute atomic E-state index is 0.00125. The van der Waals surface area contributed by atoms with Gasteiger partial charge in [0, 0.05) is 158 Å². The van der Waals surface area contributed by atoms with Crippen molar-refractivity contribution in [1.29, 1.82) is 0 Å². The summed E-state index contributed by atoms with van der Waals surface area (Å²) in [5.74, 6) is -3.01. The van der Waals surface area contributed by atoms with E-state index in [1.165, 1.54) is 24.3 Å². The molecule has 121 heavy (non-hydrogen) atoms. The molecule has 0 atom stereocenters. The number of hydrogen-bond donors (Lipinski definition) is 4. The third-order valence-corrected chi connectivity index (χ3v) is 27.3. The Morgan fingerprint density at radius 2 is 0.802 bits per heavy atom. The van der Waals surface area contributed by atoms with Gasteiger partial charge >= 0.3 is 11.9 Å². The topological polar surface area (TPSA) is 408 Å². The van der Waals surface area contributed by atoms with Crippen molar-refractivity contribution in [2.45, 2.75) is 126 Å². The number of aliphatic carboxylic acids is 2. The first-order valence-corrected chi connectivity index (χ1v) is 46.9. The number of hydrogen-bond acceptors (Lipinski definition) is 25. The highest BCUT2D eigenvalue weighted by Crippen LogP contribution is 2.48. The highest BCUT2D eigenvalue weighted by Gasteiger charge is 2.40. The van der Waals surface area contributed by atoms with Crippen LogP contribution in [0.3, 0.4) is 0 Å². The van der Waals surface area contributed by atoms with Crippen LogP contribution in [-0.2, 0) is 64.1 Å². The zero-order valence-electron chi connectivity index (χ0n) is 68.8. The molecule has 4 aromatic carbocycles. The molecule has 0 bridgehead atoms. The lowest BCUT2D eigenvalue weighted by Gasteiger charge is -2.27. The number of ether oxygens (including phenoxy) is 3. The van der Waals surface area contributed by atoms with Gasteiger partial charge < -0.3 is 52.9 Å². The van der Waals surface area contributed by atoms with Gasteiger partial charge in [-0.15, -0.1) is 0 Å². The first-order valence-electron chi connectivity index (χ1n) is 40.4. The first-order chi connectivity index (χ1) is 57.9. The maximum absolute atomic E-state index is 15.9. The van der Waals surface area contributed by atoms with Gasteiger partial charge in [-0.25, -0.2) is 34.6 Å². The fourth-order valence-corrected chi connectivity index (χ4v) is 21.1. The van der Waals surface area contributed by atoms with Crippen molar-refractivity contribution in [3.8, 4) is 44.9 Å². The average Bonchev–Trinajstić information content (AvgIpc) is 0.730. The molecule has 1 fully saturated rings. The van der Waals surface area contributed by atoms with Crippen LogP contribution in [0, 0.1) is 0 Å². The maximum Gasteiger partial charge on any atom is 0.303 e. The van der Waals surface area contributed by atoms with E-state index < -0.39 is 107 Å². The summed E-state index contributed by atoms with van der Waals surface area (Å²) in [5.41, 5.74) is 3.19. The zero-order valence-corrected chi connectivity index (χ0v) is 73.5. The lowest BCUT2D eigenvalue weighted by molar-refractivity contribution is -0.138. The largest absolute Gasteiger partial charge is 0.481 e. The lowest BCUT2D eigenvalue weighted by atomic mass is 9.93. The molecule has 39 heteroatoms. The summed E-state index contributed by atoms with van der Waals surface area (Å²) >= 11 is 13.6. The summed E-state index contributed by atoms with van der Waals surface area (Å²) in [6.45, 7) is 20.1. The number of halogens is 2. The Hall–Kier alpha value is -9.80. The Morgan fingerprint density at radius 3 is 1.14 bits per heavy atom. The lowest BCUT2D eigenvalue weighted by Crippen LogP contribution is -2.37. The van der Waals surface area contributed by atoms with Gasteiger partial charge in [-0.3, -0.25) is 18.7 Å². The molecule has 0 unspecified atom stereocenters. The molecular formula is C82H102Cl2N14O19S4+2. The highest BCUT2D eigenvalue weighted by molar-refractivity contribution is 7.94. The second-order valence-corrected chi connectivity index (χ2v) is 35.4. The molecule has 2 aliphatic carbocycles. The minimum atomic E-state index is -5.51. The molecule has 2 aromatic heterocycles. The molecule has 4 N–H and O–H groups in total. The van der Waals surface area contributed by atoms with Crippen LogP contribution in [0.15, 0.2) is 138 Å². The van der Waals surface area contributed by atoms with E-state index in [0.29, 0.717) is 96.9 Å². The number of fused-ring (bicyclic) bond motifs is 4. The predicted molar refractivity (Wildman–Crippen MR) is 464 cm³/mol. The van der Waals surface area contributed by atoms with Crippen molar-refractivity contribution >= 4 is 133 Å². The van der Waals surface area contributed by atoms with E-state index >= 15 is 16.8 Å². The molecule has 1 saturated heterocycles. The van der Waals surface area contributed by atoms with Crippen molar-refractivity contribution in [1.82, 2.24) is 39.1 Å². The second-order valence-electron chi connectivity index (χ2n) is 28.4. The van der Waals surface area contributed by atoms with Gasteiger partial charge in [0.15, 0.2) is 0 Å². The molecular weight excluding hydrogens is 1680 g/mol. The van der Waals surface area contributed by atoms with Gasteiger partial charge in [0.2, 0.25) is 45.1 Å². The van der Waals surface area contributed by atoms with E-state index in [1.807, 2.05) is 104 Å². The van der Waals surface area contributed by atoms with Crippen LogP contribution < -0.4 is 48.1 Å². The number of anilines is 6. The van der Waals surface area contributed by atoms with Crippen molar-refractivity contribution in [3.05, 3.63) is 130 Å². The van der Waals surface area contributed by atoms with E-state index in [2.05, 4.69) is 38.9 Å². The van der Waals surface area contributed by atoms with Gasteiger partial charge in [0.05, 0.1) is 51.8 Å². The molecule has 11 rings (SSSR count). The van der Waals surface area contributed by atoms with E-state index in [-0.39, 0.29) is 151 Å². The average molecular weight is 1790 g/mol. The Bertz CT molecular complexity index is 5610. The number of rotatable bonds is 34. The number of benzene rings is 6. The Kier molecular flexibility index (Phi) is 31.1. The molecule has 650 valence electrons. The molecule has 0 radical (unpaired) electrons. The number of carboxylic acid groups (broad SMARTS) is 2. The molecule has 0 amide bonds. The third kappa shape index (κ3) is 21.5. The van der Waals surface area contributed by atoms with Crippen LogP contribution in [0.2, 0.25) is 10.6 Å². The summed E-state index contributed by atoms with van der Waals surface area (Å²) in [5, 5.41) is 20.5. The van der Waals surface area contributed by atoms with Gasteiger partial charge in [-0.05, 0) is 153 Å². The molecule has 6 aromatic rings. The van der Waals surface area contributed by atoms with E-state index in [4.69, 9.17) is 56.2 Å². The first kappa shape index (κ1) is 91.9. The summed E-state index contributed by atoms with van der Waals surface area (Å²) < 4.78 is 182. The Balaban J connectivity index is 0.933. The normalized spacial score (nSPS) is 13.8. The standard InChI is InChI=1S/C82H100Cl2N14O19S4/c1-9-91(10-2)55-31-35-59-65(51-55)116-66-52-56(92(11-3)12-4)32-36-60(66)73(59)63-25-23-27-69(75(63)120(107,108)109)118(103,104)97(39-21-17-19-29-71(99)100)81-87-77(83)85-79(89-81)95-41-45-113-46-42-96(44-48-115-50-49-114-47-43-95)80-86-78(84)88-82(90-80)98(40-22-18-20-30-72(101)102)119(105,106)70-28-24-26-64(76(70)121(110,111)112)74-61-37-33-57(93(13-5)14-6)53-67(61)117-68-54-58(34-38-62(68)74)94(15-7)16-8/h23-28,31-38,51-54H,9-22,29-30,39-50H2,1-8H3,(H2-2,99,100,101,102,107,108,109,110,111,112)/p+2. The third-order valence-electron chi connectivity index (χ3n) is 21.1. The van der Waals surface area contributed by atoms with Gasteiger partial charge in [-0.2, -0.15) is 46.7 Å². The van der Waals surface area contributed by atoms with Crippen LogP contribution in [0.4, 0.5) is 35.2 Å². The smallest absolute Gasteiger partial charge is 0.303 e. The number of aromatic nitrogens is 6. The van der Waals surface area contributed by atoms with Crippen molar-refractivity contribution in [2.75, 3.05) is 159 Å². The van der Waals surface area contributed by atoms with Gasteiger partial charge in [-0.1, -0.05) is 37.1 Å². The van der Waals surface area contributed by atoms with Crippen LogP contribution in [-0.4, -0.2) is 226 Å². The number of carbonyl (C=O) groups is 2. The summed E-state index contributed by atoms with van der Waals surface area (Å²) in [4.78, 5) is 54.1. The second kappa shape index (κ2) is 40.9. The van der Waals surface area contributed by atoms with Crippen LogP contribution in [0.5, 0.6) is 0 Å². The fraction of sp³-hybridized carbons (Fsp3) is 0.439. The summed E-state index contributed by atoms with van der Waals surface area (Å²) in [6, 6.07) is 29.3. The predicted octanol–water partition coefficient (Wildman–Crippen LogP) is 11.3. The molecule has 33 nitrogen and oxygen atoms in total. The fourth-order valence-electron chi connectivity index (χ4n) is 15.0. The highest BCUT2D eigenvalue weighted by atomic mass is 35.5. The number of nitrogens with zero attached hydrogens (tertiary/aromatic N) is 14. The van der Waals surface area contributed by atoms with Crippen LogP contribution in [0.25, 0.3) is 66.8 Å². The van der Waals surface area contributed by atoms with Gasteiger partial charge in [0.25, 0.3) is 40.3 Å². The Labute approximate surface area is 713 Å². The van der Waals surface area contributed by atoms with Crippen molar-refractivity contribution in [3.63, 3.8) is 0 Å². The zero-order chi connectivity index (χ0) is 87.1. The molecule has 5 heterocycles. The van der Waals surface area contributed by atoms with Crippen molar-refractivity contribution < 1.29 is 85.6 Å². The molecule has 0 spiro atoms. The molecule has 3 aliphatic heterocycles. The summed E-state index contributed by atoms with van der Waals surface area (Å²) in [6.07, 6.45) is 0.101.